The fraction of sp³-hybridized carbons (Fsp3) is 0.538. The maximum Gasteiger partial charge on any atom is 0.0453 e. The third-order valence-electron chi connectivity index (χ3n) is 2.51. The first-order valence-electron chi connectivity index (χ1n) is 5.40. The molecule has 0 aliphatic heterocycles. The van der Waals surface area contributed by atoms with Gasteiger partial charge in [0.1, 0.15) is 0 Å². The largest absolute Gasteiger partial charge is 0.324 e. The van der Waals surface area contributed by atoms with Crippen molar-refractivity contribution in [2.24, 2.45) is 11.1 Å². The molecule has 0 saturated carbocycles. The number of benzene rings is 1. The van der Waals surface area contributed by atoms with Gasteiger partial charge in [0.05, 0.1) is 0 Å². The Balaban J connectivity index is 2.62. The van der Waals surface area contributed by atoms with Crippen molar-refractivity contribution in [1.29, 1.82) is 0 Å². The number of hydrogen-bond acceptors (Lipinski definition) is 1. The maximum atomic E-state index is 6.12. The van der Waals surface area contributed by atoms with Gasteiger partial charge in [-0.05, 0) is 29.9 Å². The van der Waals surface area contributed by atoms with Crippen LogP contribution in [0.1, 0.15) is 45.2 Å². The Morgan fingerprint density at radius 1 is 1.27 bits per heavy atom. The molecule has 0 radical (unpaired) electrons. The number of halogens is 1. The van der Waals surface area contributed by atoms with Crippen LogP contribution in [0.4, 0.5) is 0 Å². The summed E-state index contributed by atoms with van der Waals surface area (Å²) in [6.45, 7) is 6.69. The second kappa shape index (κ2) is 5.00. The van der Waals surface area contributed by atoms with Gasteiger partial charge in [-0.25, -0.2) is 0 Å². The predicted molar refractivity (Wildman–Crippen MR) is 67.1 cm³/mol. The van der Waals surface area contributed by atoms with E-state index in [-0.39, 0.29) is 6.04 Å². The van der Waals surface area contributed by atoms with Gasteiger partial charge in [-0.15, -0.1) is 0 Å². The lowest BCUT2D eigenvalue weighted by Crippen LogP contribution is -2.15. The monoisotopic (exact) mass is 225 g/mol. The molecule has 1 aromatic carbocycles. The first-order valence-corrected chi connectivity index (χ1v) is 5.78. The molecule has 0 aliphatic rings. The highest BCUT2D eigenvalue weighted by atomic mass is 35.5. The molecule has 0 fully saturated rings. The van der Waals surface area contributed by atoms with Gasteiger partial charge in [0.25, 0.3) is 0 Å². The Hall–Kier alpha value is -0.530. The van der Waals surface area contributed by atoms with E-state index in [1.165, 1.54) is 0 Å². The van der Waals surface area contributed by atoms with Crippen molar-refractivity contribution in [2.45, 2.75) is 39.7 Å². The molecule has 1 unspecified atom stereocenters. The molecule has 1 rings (SSSR count). The first kappa shape index (κ1) is 12.5. The van der Waals surface area contributed by atoms with Gasteiger partial charge >= 0.3 is 0 Å². The predicted octanol–water partition coefficient (Wildman–Crippen LogP) is 4.17. The first-order chi connectivity index (χ1) is 6.90. The molecule has 0 spiro atoms. The fourth-order valence-electron chi connectivity index (χ4n) is 1.52. The van der Waals surface area contributed by atoms with Gasteiger partial charge in [0.15, 0.2) is 0 Å². The molecule has 2 heteroatoms. The molecule has 0 amide bonds. The molecular formula is C13H20ClN. The van der Waals surface area contributed by atoms with Crippen LogP contribution < -0.4 is 5.73 Å². The minimum absolute atomic E-state index is 0.0536. The molecule has 15 heavy (non-hydrogen) atoms. The second-order valence-electron chi connectivity index (χ2n) is 5.23. The molecule has 1 atom stereocenters. The Labute approximate surface area is 97.6 Å². The van der Waals surface area contributed by atoms with Crippen LogP contribution in [0.15, 0.2) is 24.3 Å². The molecule has 0 heterocycles. The molecular weight excluding hydrogens is 206 g/mol. The van der Waals surface area contributed by atoms with Crippen LogP contribution in [0, 0.1) is 5.41 Å². The van der Waals surface area contributed by atoms with E-state index in [4.69, 9.17) is 17.3 Å². The lowest BCUT2D eigenvalue weighted by atomic mass is 9.87. The number of hydrogen-bond donors (Lipinski definition) is 1. The van der Waals surface area contributed by atoms with Crippen molar-refractivity contribution >= 4 is 11.6 Å². The molecule has 2 N–H and O–H groups in total. The summed E-state index contributed by atoms with van der Waals surface area (Å²) < 4.78 is 0. The molecule has 1 aromatic rings. The summed E-state index contributed by atoms with van der Waals surface area (Å²) in [5.74, 6) is 0. The smallest absolute Gasteiger partial charge is 0.0453 e. The van der Waals surface area contributed by atoms with E-state index in [9.17, 15) is 0 Å². The zero-order valence-electron chi connectivity index (χ0n) is 9.76. The van der Waals surface area contributed by atoms with Crippen molar-refractivity contribution in [3.8, 4) is 0 Å². The summed E-state index contributed by atoms with van der Waals surface area (Å²) in [5, 5.41) is 0.777. The van der Waals surface area contributed by atoms with Gasteiger partial charge in [-0.3, -0.25) is 0 Å². The van der Waals surface area contributed by atoms with E-state index >= 15 is 0 Å². The van der Waals surface area contributed by atoms with Crippen molar-refractivity contribution in [1.82, 2.24) is 0 Å². The fourth-order valence-corrected chi connectivity index (χ4v) is 1.80. The zero-order chi connectivity index (χ0) is 11.5. The van der Waals surface area contributed by atoms with Crippen LogP contribution >= 0.6 is 11.6 Å². The van der Waals surface area contributed by atoms with Crippen LogP contribution in [0.2, 0.25) is 5.02 Å². The Bertz CT molecular complexity index is 315. The highest BCUT2D eigenvalue weighted by Crippen LogP contribution is 2.29. The van der Waals surface area contributed by atoms with Crippen LogP contribution in [-0.4, -0.2) is 0 Å². The topological polar surface area (TPSA) is 26.0 Å². The highest BCUT2D eigenvalue weighted by Gasteiger charge is 2.15. The average molecular weight is 226 g/mol. The Morgan fingerprint density at radius 3 is 2.40 bits per heavy atom. The summed E-state index contributed by atoms with van der Waals surface area (Å²) in [4.78, 5) is 0. The van der Waals surface area contributed by atoms with Crippen molar-refractivity contribution in [2.75, 3.05) is 0 Å². The zero-order valence-corrected chi connectivity index (χ0v) is 10.5. The quantitative estimate of drug-likeness (QED) is 0.821. The lowest BCUT2D eigenvalue weighted by molar-refractivity contribution is 0.350. The summed E-state index contributed by atoms with van der Waals surface area (Å²) in [6.07, 6.45) is 2.09. The van der Waals surface area contributed by atoms with Crippen LogP contribution in [-0.2, 0) is 0 Å². The van der Waals surface area contributed by atoms with Crippen LogP contribution in [0.25, 0.3) is 0 Å². The van der Waals surface area contributed by atoms with E-state index < -0.39 is 0 Å². The Morgan fingerprint density at radius 2 is 1.87 bits per heavy atom. The van der Waals surface area contributed by atoms with E-state index in [1.54, 1.807) is 0 Å². The normalized spacial score (nSPS) is 13.9. The highest BCUT2D eigenvalue weighted by molar-refractivity contribution is 6.31. The molecule has 0 saturated heterocycles. The standard InChI is InChI=1S/C13H20ClN/c1-13(2,3)9-8-12(15)10-6-4-5-7-11(10)14/h4-7,12H,8-9,15H2,1-3H3. The molecule has 0 bridgehead atoms. The lowest BCUT2D eigenvalue weighted by Gasteiger charge is -2.21. The van der Waals surface area contributed by atoms with Crippen molar-refractivity contribution in [3.63, 3.8) is 0 Å². The van der Waals surface area contributed by atoms with Gasteiger partial charge in [-0.2, -0.15) is 0 Å². The van der Waals surface area contributed by atoms with E-state index in [0.29, 0.717) is 5.41 Å². The summed E-state index contributed by atoms with van der Waals surface area (Å²) in [5.41, 5.74) is 7.51. The maximum absolute atomic E-state index is 6.12. The summed E-state index contributed by atoms with van der Waals surface area (Å²) >= 11 is 6.09. The molecule has 1 nitrogen and oxygen atoms in total. The van der Waals surface area contributed by atoms with E-state index in [1.807, 2.05) is 24.3 Å². The molecule has 84 valence electrons. The van der Waals surface area contributed by atoms with E-state index in [0.717, 1.165) is 23.4 Å². The van der Waals surface area contributed by atoms with Crippen LogP contribution in [0.3, 0.4) is 0 Å². The van der Waals surface area contributed by atoms with Gasteiger partial charge in [0.2, 0.25) is 0 Å². The van der Waals surface area contributed by atoms with Crippen molar-refractivity contribution in [3.05, 3.63) is 34.9 Å². The summed E-state index contributed by atoms with van der Waals surface area (Å²) in [7, 11) is 0. The average Bonchev–Trinajstić information content (AvgIpc) is 2.14. The van der Waals surface area contributed by atoms with Gasteiger partial charge in [-0.1, -0.05) is 50.6 Å². The van der Waals surface area contributed by atoms with Gasteiger partial charge < -0.3 is 5.73 Å². The summed E-state index contributed by atoms with van der Waals surface area (Å²) in [6, 6.07) is 7.88. The van der Waals surface area contributed by atoms with Gasteiger partial charge in [0, 0.05) is 11.1 Å². The van der Waals surface area contributed by atoms with E-state index in [2.05, 4.69) is 20.8 Å². The SMILES string of the molecule is CC(C)(C)CCC(N)c1ccccc1Cl. The number of nitrogens with two attached hydrogens (primary N) is 1. The third-order valence-corrected chi connectivity index (χ3v) is 2.85. The Kier molecular flexibility index (Phi) is 4.18. The second-order valence-corrected chi connectivity index (χ2v) is 5.63. The minimum atomic E-state index is 0.0536. The molecule has 0 aliphatic carbocycles. The third kappa shape index (κ3) is 4.23. The minimum Gasteiger partial charge on any atom is -0.324 e. The van der Waals surface area contributed by atoms with Crippen molar-refractivity contribution < 1.29 is 0 Å². The number of rotatable bonds is 3. The molecule has 0 aromatic heterocycles. The van der Waals surface area contributed by atoms with Crippen LogP contribution in [0.5, 0.6) is 0 Å².